The molecule has 0 aromatic carbocycles. The second-order valence-corrected chi connectivity index (χ2v) is 17.5. The molecule has 0 atom stereocenters. The summed E-state index contributed by atoms with van der Waals surface area (Å²) >= 11 is 0. The normalized spacial score (nSPS) is 27.6. The third-order valence-electron chi connectivity index (χ3n) is 6.88. The van der Waals surface area contributed by atoms with Gasteiger partial charge in [-0.1, -0.05) is 53.4 Å². The van der Waals surface area contributed by atoms with E-state index >= 15 is 0 Å². The minimum absolute atomic E-state index is 1.00. The third kappa shape index (κ3) is 2.82. The van der Waals surface area contributed by atoms with Gasteiger partial charge in [0.25, 0.3) is 0 Å². The first-order valence-electron chi connectivity index (χ1n) is 9.47. The lowest BCUT2D eigenvalue weighted by Gasteiger charge is -2.60. The van der Waals surface area contributed by atoms with Crippen LogP contribution in [0.2, 0.25) is 36.3 Å². The molecule has 0 radical (unpaired) electrons. The zero-order valence-electron chi connectivity index (χ0n) is 14.5. The maximum Gasteiger partial charge on any atom is 0.121 e. The number of rotatable bonds is 5. The number of hydrogen-bond acceptors (Lipinski definition) is 1. The highest BCUT2D eigenvalue weighted by Crippen LogP contribution is 2.46. The molecule has 3 heteroatoms. The Balaban J connectivity index is 2.36. The molecule has 0 unspecified atom stereocenters. The summed E-state index contributed by atoms with van der Waals surface area (Å²) in [7, 11) is -2.26. The van der Waals surface area contributed by atoms with Crippen molar-refractivity contribution in [2.45, 2.75) is 109 Å². The molecule has 0 N–H and O–H groups in total. The first-order valence-corrected chi connectivity index (χ1v) is 14.6. The molecule has 1 aliphatic heterocycles. The van der Waals surface area contributed by atoms with Crippen LogP contribution in [0.4, 0.5) is 0 Å². The van der Waals surface area contributed by atoms with Crippen LogP contribution in [0.5, 0.6) is 0 Å². The van der Waals surface area contributed by atoms with E-state index in [1.54, 1.807) is 18.5 Å². The maximum absolute atomic E-state index is 3.38. The Hall–Kier alpha value is 0.394. The first-order chi connectivity index (χ1) is 9.68. The molecule has 1 aliphatic carbocycles. The van der Waals surface area contributed by atoms with Crippen molar-refractivity contribution in [2.75, 3.05) is 0 Å². The summed E-state index contributed by atoms with van der Waals surface area (Å²) in [5.41, 5.74) is 0. The van der Waals surface area contributed by atoms with Crippen LogP contribution in [0.1, 0.15) is 66.2 Å². The lowest BCUT2D eigenvalue weighted by Crippen LogP contribution is -2.71. The lowest BCUT2D eigenvalue weighted by molar-refractivity contribution is 0.311. The van der Waals surface area contributed by atoms with Gasteiger partial charge in [0.2, 0.25) is 0 Å². The quantitative estimate of drug-likeness (QED) is 0.563. The Kier molecular flexibility index (Phi) is 5.95. The van der Waals surface area contributed by atoms with Gasteiger partial charge in [-0.25, -0.2) is 0 Å². The zero-order chi connectivity index (χ0) is 14.6. The minimum Gasteiger partial charge on any atom is -0.342 e. The molecule has 1 heterocycles. The highest BCUT2D eigenvalue weighted by molar-refractivity contribution is 6.94. The van der Waals surface area contributed by atoms with E-state index in [4.69, 9.17) is 0 Å². The maximum atomic E-state index is 3.38. The zero-order valence-corrected chi connectivity index (χ0v) is 16.5. The standard InChI is InChI=1S/C17H37NSi2/c1-5-19(6-2)15-12-16-20(7-3,8-4)18(19)17-13-10-9-11-14-17/h17H,5-16H2,1-4H3. The molecule has 2 rings (SSSR count). The van der Waals surface area contributed by atoms with E-state index in [1.165, 1.54) is 56.3 Å². The van der Waals surface area contributed by atoms with E-state index < -0.39 is 16.5 Å². The first kappa shape index (κ1) is 16.8. The van der Waals surface area contributed by atoms with Gasteiger partial charge in [-0.3, -0.25) is 0 Å². The second kappa shape index (κ2) is 7.10. The molecule has 0 amide bonds. The molecule has 1 saturated heterocycles. The molecule has 0 aromatic heterocycles. The Morgan fingerprint density at radius 1 is 0.700 bits per heavy atom. The summed E-state index contributed by atoms with van der Waals surface area (Å²) in [4.78, 5) is 0. The van der Waals surface area contributed by atoms with Crippen LogP contribution >= 0.6 is 0 Å². The molecule has 0 bridgehead atoms. The second-order valence-electron chi connectivity index (χ2n) is 7.38. The highest BCUT2D eigenvalue weighted by atomic mass is 28.4. The van der Waals surface area contributed by atoms with Gasteiger partial charge >= 0.3 is 0 Å². The van der Waals surface area contributed by atoms with E-state index in [2.05, 4.69) is 31.9 Å². The van der Waals surface area contributed by atoms with Crippen molar-refractivity contribution in [3.05, 3.63) is 0 Å². The van der Waals surface area contributed by atoms with Gasteiger partial charge in [0.15, 0.2) is 0 Å². The van der Waals surface area contributed by atoms with Crippen LogP contribution < -0.4 is 0 Å². The van der Waals surface area contributed by atoms with Crippen molar-refractivity contribution in [3.63, 3.8) is 0 Å². The molecule has 2 aliphatic rings. The fourth-order valence-electron chi connectivity index (χ4n) is 5.49. The van der Waals surface area contributed by atoms with Crippen LogP contribution in [-0.2, 0) is 0 Å². The molecule has 0 aromatic rings. The Morgan fingerprint density at radius 2 is 1.15 bits per heavy atom. The van der Waals surface area contributed by atoms with E-state index in [9.17, 15) is 0 Å². The van der Waals surface area contributed by atoms with E-state index in [1.807, 2.05) is 0 Å². The lowest BCUT2D eigenvalue weighted by atomic mass is 9.96. The molecule has 20 heavy (non-hydrogen) atoms. The van der Waals surface area contributed by atoms with Crippen LogP contribution in [0.3, 0.4) is 0 Å². The SMILES string of the molecule is CC[Si]1(CC)CCC[Si](CC)(CC)N1C1CCCCC1. The highest BCUT2D eigenvalue weighted by Gasteiger charge is 2.52. The predicted octanol–water partition coefficient (Wildman–Crippen LogP) is 6.00. The van der Waals surface area contributed by atoms with Gasteiger partial charge in [-0.2, -0.15) is 0 Å². The van der Waals surface area contributed by atoms with Crippen LogP contribution in [0.15, 0.2) is 0 Å². The fraction of sp³-hybridized carbons (Fsp3) is 1.00. The van der Waals surface area contributed by atoms with Crippen molar-refractivity contribution >= 4 is 16.5 Å². The largest absolute Gasteiger partial charge is 0.342 e. The fourth-order valence-corrected chi connectivity index (χ4v) is 20.4. The van der Waals surface area contributed by atoms with Crippen molar-refractivity contribution in [3.8, 4) is 0 Å². The number of nitrogens with zero attached hydrogens (tertiary/aromatic N) is 1. The molecule has 0 spiro atoms. The molecule has 2 fully saturated rings. The molecule has 118 valence electrons. The molecule has 1 nitrogen and oxygen atoms in total. The van der Waals surface area contributed by atoms with Gasteiger partial charge in [0.1, 0.15) is 16.5 Å². The minimum atomic E-state index is -1.13. The van der Waals surface area contributed by atoms with Crippen molar-refractivity contribution < 1.29 is 0 Å². The van der Waals surface area contributed by atoms with E-state index in [0.717, 1.165) is 6.04 Å². The monoisotopic (exact) mass is 311 g/mol. The van der Waals surface area contributed by atoms with Gasteiger partial charge in [0.05, 0.1) is 0 Å². The van der Waals surface area contributed by atoms with Crippen molar-refractivity contribution in [1.29, 1.82) is 0 Å². The summed E-state index contributed by atoms with van der Waals surface area (Å²) in [6.45, 7) is 10.1. The predicted molar refractivity (Wildman–Crippen MR) is 96.4 cm³/mol. The topological polar surface area (TPSA) is 3.24 Å². The van der Waals surface area contributed by atoms with Crippen molar-refractivity contribution in [1.82, 2.24) is 4.23 Å². The van der Waals surface area contributed by atoms with Crippen LogP contribution in [-0.4, -0.2) is 26.7 Å². The van der Waals surface area contributed by atoms with E-state index in [-0.39, 0.29) is 0 Å². The van der Waals surface area contributed by atoms with Crippen molar-refractivity contribution in [2.24, 2.45) is 0 Å². The summed E-state index contributed by atoms with van der Waals surface area (Å²) in [5, 5.41) is 0. The molecular weight excluding hydrogens is 274 g/mol. The number of hydrogen-bond donors (Lipinski definition) is 0. The summed E-state index contributed by atoms with van der Waals surface area (Å²) in [6.07, 6.45) is 9.16. The van der Waals surface area contributed by atoms with E-state index in [0.29, 0.717) is 0 Å². The molecule has 1 saturated carbocycles. The van der Waals surface area contributed by atoms with Gasteiger partial charge in [-0.15, -0.1) is 0 Å². The average Bonchev–Trinajstić information content (AvgIpc) is 2.54. The Bertz CT molecular complexity index is 271. The summed E-state index contributed by atoms with van der Waals surface area (Å²) in [5.74, 6) is 0. The Labute approximate surface area is 129 Å². The Morgan fingerprint density at radius 3 is 1.55 bits per heavy atom. The average molecular weight is 312 g/mol. The smallest absolute Gasteiger partial charge is 0.121 e. The van der Waals surface area contributed by atoms with Gasteiger partial charge < -0.3 is 4.23 Å². The summed E-state index contributed by atoms with van der Waals surface area (Å²) < 4.78 is 3.38. The third-order valence-corrected chi connectivity index (χ3v) is 20.3. The van der Waals surface area contributed by atoms with Crippen LogP contribution in [0, 0.1) is 0 Å². The van der Waals surface area contributed by atoms with Crippen LogP contribution in [0.25, 0.3) is 0 Å². The van der Waals surface area contributed by atoms with Gasteiger partial charge in [-0.05, 0) is 55.1 Å². The molecular formula is C17H37NSi2. The summed E-state index contributed by atoms with van der Waals surface area (Å²) in [6, 6.07) is 10.3. The van der Waals surface area contributed by atoms with Gasteiger partial charge in [0, 0.05) is 0 Å².